The second-order valence-corrected chi connectivity index (χ2v) is 7.32. The van der Waals surface area contributed by atoms with E-state index in [2.05, 4.69) is 27.6 Å². The van der Waals surface area contributed by atoms with Crippen LogP contribution < -0.4 is 5.32 Å². The van der Waals surface area contributed by atoms with Gasteiger partial charge in [-0.25, -0.2) is 0 Å². The molecule has 1 aromatic heterocycles. The molecular formula is C25H23N3O2. The normalized spacial score (nSPS) is 10.7. The van der Waals surface area contributed by atoms with Crippen LogP contribution in [0.3, 0.4) is 0 Å². The van der Waals surface area contributed by atoms with E-state index in [-0.39, 0.29) is 12.3 Å². The monoisotopic (exact) mass is 397 g/mol. The molecule has 0 atom stereocenters. The number of carbonyl (C=O) groups excluding carboxylic acids is 1. The first-order chi connectivity index (χ1) is 14.6. The highest BCUT2D eigenvalue weighted by Gasteiger charge is 2.12. The van der Waals surface area contributed by atoms with Gasteiger partial charge in [-0.3, -0.25) is 4.79 Å². The summed E-state index contributed by atoms with van der Waals surface area (Å²) in [6.45, 7) is 3.98. The van der Waals surface area contributed by atoms with Crippen LogP contribution in [0.2, 0.25) is 0 Å². The Morgan fingerprint density at radius 2 is 1.60 bits per heavy atom. The average molecular weight is 397 g/mol. The van der Waals surface area contributed by atoms with Gasteiger partial charge in [0.05, 0.1) is 0 Å². The lowest BCUT2D eigenvalue weighted by atomic mass is 10.0. The molecule has 0 aliphatic carbocycles. The molecule has 4 rings (SSSR count). The third kappa shape index (κ3) is 4.63. The van der Waals surface area contributed by atoms with E-state index in [1.54, 1.807) is 0 Å². The lowest BCUT2D eigenvalue weighted by molar-refractivity contribution is -0.116. The molecule has 0 bridgehead atoms. The minimum absolute atomic E-state index is 0.0735. The number of rotatable bonds is 6. The smallest absolute Gasteiger partial charge is 0.227 e. The van der Waals surface area contributed by atoms with Crippen molar-refractivity contribution in [3.63, 3.8) is 0 Å². The summed E-state index contributed by atoms with van der Waals surface area (Å²) in [6.07, 6.45) is 0.674. The van der Waals surface area contributed by atoms with Gasteiger partial charge in [-0.05, 0) is 42.2 Å². The number of hydrogen-bond acceptors (Lipinski definition) is 4. The van der Waals surface area contributed by atoms with Gasteiger partial charge in [-0.1, -0.05) is 71.9 Å². The predicted octanol–water partition coefficient (Wildman–Crippen LogP) is 5.59. The Morgan fingerprint density at radius 3 is 2.37 bits per heavy atom. The number of amides is 1. The quantitative estimate of drug-likeness (QED) is 0.460. The molecule has 0 aliphatic rings. The van der Waals surface area contributed by atoms with E-state index < -0.39 is 0 Å². The molecule has 0 fully saturated rings. The maximum absolute atomic E-state index is 12.3. The Bertz CT molecular complexity index is 1150. The summed E-state index contributed by atoms with van der Waals surface area (Å²) < 4.78 is 5.34. The highest BCUT2D eigenvalue weighted by atomic mass is 16.5. The number of anilines is 1. The van der Waals surface area contributed by atoms with Gasteiger partial charge < -0.3 is 9.84 Å². The van der Waals surface area contributed by atoms with Crippen LogP contribution in [0.1, 0.15) is 23.4 Å². The maximum atomic E-state index is 12.3. The molecule has 1 amide bonds. The van der Waals surface area contributed by atoms with E-state index >= 15 is 0 Å². The Kier molecular flexibility index (Phi) is 5.70. The van der Waals surface area contributed by atoms with Gasteiger partial charge in [0.1, 0.15) is 0 Å². The molecule has 5 nitrogen and oxygen atoms in total. The molecule has 0 saturated heterocycles. The molecule has 0 spiro atoms. The second kappa shape index (κ2) is 8.74. The third-order valence-electron chi connectivity index (χ3n) is 4.95. The Labute approximate surface area is 175 Å². The molecule has 0 unspecified atom stereocenters. The summed E-state index contributed by atoms with van der Waals surface area (Å²) in [5.41, 5.74) is 6.15. The lowest BCUT2D eigenvalue weighted by Gasteiger charge is -2.08. The van der Waals surface area contributed by atoms with Crippen LogP contribution in [0.5, 0.6) is 0 Å². The van der Waals surface area contributed by atoms with Crippen molar-refractivity contribution in [3.05, 3.63) is 89.8 Å². The fourth-order valence-electron chi connectivity index (χ4n) is 3.22. The van der Waals surface area contributed by atoms with Gasteiger partial charge >= 0.3 is 0 Å². The molecule has 0 saturated carbocycles. The average Bonchev–Trinajstić information content (AvgIpc) is 3.25. The molecule has 30 heavy (non-hydrogen) atoms. The van der Waals surface area contributed by atoms with Gasteiger partial charge in [-0.15, -0.1) is 0 Å². The number of aryl methyl sites for hydroxylation is 3. The largest absolute Gasteiger partial charge is 0.339 e. The molecular weight excluding hydrogens is 374 g/mol. The summed E-state index contributed by atoms with van der Waals surface area (Å²) in [5.74, 6) is 0.906. The highest BCUT2D eigenvalue weighted by molar-refractivity contribution is 5.91. The van der Waals surface area contributed by atoms with Crippen molar-refractivity contribution < 1.29 is 9.32 Å². The van der Waals surface area contributed by atoms with Crippen molar-refractivity contribution >= 4 is 11.6 Å². The van der Waals surface area contributed by atoms with E-state index in [4.69, 9.17) is 4.52 Å². The van der Waals surface area contributed by atoms with Gasteiger partial charge in [0, 0.05) is 24.1 Å². The predicted molar refractivity (Wildman–Crippen MR) is 118 cm³/mol. The number of carbonyl (C=O) groups is 1. The van der Waals surface area contributed by atoms with Gasteiger partial charge in [0.25, 0.3) is 0 Å². The topological polar surface area (TPSA) is 68.0 Å². The van der Waals surface area contributed by atoms with Crippen LogP contribution in [0.25, 0.3) is 22.5 Å². The molecule has 1 heterocycles. The van der Waals surface area contributed by atoms with Crippen molar-refractivity contribution in [2.75, 3.05) is 5.32 Å². The fourth-order valence-corrected chi connectivity index (χ4v) is 3.22. The molecule has 150 valence electrons. The van der Waals surface area contributed by atoms with E-state index in [9.17, 15) is 4.79 Å². The molecule has 5 heteroatoms. The van der Waals surface area contributed by atoms with Gasteiger partial charge in [0.15, 0.2) is 0 Å². The minimum Gasteiger partial charge on any atom is -0.339 e. The van der Waals surface area contributed by atoms with Crippen molar-refractivity contribution in [1.29, 1.82) is 0 Å². The molecule has 1 N–H and O–H groups in total. The number of nitrogens with one attached hydrogen (secondary N) is 1. The van der Waals surface area contributed by atoms with Crippen LogP contribution in [-0.4, -0.2) is 16.0 Å². The number of hydrogen-bond donors (Lipinski definition) is 1. The first kappa shape index (κ1) is 19.6. The van der Waals surface area contributed by atoms with Crippen LogP contribution in [0.4, 0.5) is 5.69 Å². The lowest BCUT2D eigenvalue weighted by Crippen LogP contribution is -2.13. The third-order valence-corrected chi connectivity index (χ3v) is 4.95. The summed E-state index contributed by atoms with van der Waals surface area (Å²) in [5, 5.41) is 7.01. The SMILES string of the molecule is Cc1ccc(C)c(NC(=O)CCc2nc(-c3ccc(-c4ccccc4)cc3)no2)c1. The van der Waals surface area contributed by atoms with Crippen LogP contribution in [0.15, 0.2) is 77.3 Å². The van der Waals surface area contributed by atoms with Gasteiger partial charge in [0.2, 0.25) is 17.6 Å². The number of benzene rings is 3. The number of aromatic nitrogens is 2. The van der Waals surface area contributed by atoms with Gasteiger partial charge in [-0.2, -0.15) is 4.98 Å². The van der Waals surface area contributed by atoms with Crippen molar-refractivity contribution in [2.45, 2.75) is 26.7 Å². The minimum atomic E-state index is -0.0735. The van der Waals surface area contributed by atoms with E-state index in [0.717, 1.165) is 33.5 Å². The first-order valence-electron chi connectivity index (χ1n) is 9.94. The summed E-state index contributed by atoms with van der Waals surface area (Å²) in [6, 6.07) is 24.2. The molecule has 3 aromatic carbocycles. The first-order valence-corrected chi connectivity index (χ1v) is 9.94. The van der Waals surface area contributed by atoms with E-state index in [1.807, 2.05) is 74.5 Å². The standard InChI is InChI=1S/C25H23N3O2/c1-17-8-9-18(2)22(16-17)26-23(29)14-15-24-27-25(28-30-24)21-12-10-20(11-13-21)19-6-4-3-5-7-19/h3-13,16H,14-15H2,1-2H3,(H,26,29). The zero-order chi connectivity index (χ0) is 20.9. The molecule has 4 aromatic rings. The van der Waals surface area contributed by atoms with E-state index in [1.165, 1.54) is 0 Å². The van der Waals surface area contributed by atoms with Crippen LogP contribution in [0, 0.1) is 13.8 Å². The van der Waals surface area contributed by atoms with Crippen molar-refractivity contribution in [2.24, 2.45) is 0 Å². The summed E-state index contributed by atoms with van der Waals surface area (Å²) in [4.78, 5) is 16.7. The zero-order valence-corrected chi connectivity index (χ0v) is 17.1. The molecule has 0 aliphatic heterocycles. The fraction of sp³-hybridized carbons (Fsp3) is 0.160. The van der Waals surface area contributed by atoms with Crippen molar-refractivity contribution in [3.8, 4) is 22.5 Å². The summed E-state index contributed by atoms with van der Waals surface area (Å²) >= 11 is 0. The summed E-state index contributed by atoms with van der Waals surface area (Å²) in [7, 11) is 0. The number of nitrogens with zero attached hydrogens (tertiary/aromatic N) is 2. The van der Waals surface area contributed by atoms with Crippen molar-refractivity contribution in [1.82, 2.24) is 10.1 Å². The maximum Gasteiger partial charge on any atom is 0.227 e. The Balaban J connectivity index is 1.37. The van der Waals surface area contributed by atoms with E-state index in [0.29, 0.717) is 18.1 Å². The molecule has 0 radical (unpaired) electrons. The highest BCUT2D eigenvalue weighted by Crippen LogP contribution is 2.23. The Morgan fingerprint density at radius 1 is 0.900 bits per heavy atom. The van der Waals surface area contributed by atoms with Crippen LogP contribution in [-0.2, 0) is 11.2 Å². The zero-order valence-electron chi connectivity index (χ0n) is 17.1. The second-order valence-electron chi connectivity index (χ2n) is 7.32. The van der Waals surface area contributed by atoms with Crippen LogP contribution >= 0.6 is 0 Å². The Hall–Kier alpha value is -3.73.